The van der Waals surface area contributed by atoms with Gasteiger partial charge in [-0.1, -0.05) is 23.4 Å². The number of carbonyl (C=O) groups excluding carboxylic acids is 1. The van der Waals surface area contributed by atoms with Crippen molar-refractivity contribution in [1.82, 2.24) is 10.2 Å². The summed E-state index contributed by atoms with van der Waals surface area (Å²) in [5.41, 5.74) is 1.51. The first-order valence-electron chi connectivity index (χ1n) is 7.26. The molecule has 0 saturated heterocycles. The molecule has 0 fully saturated rings. The van der Waals surface area contributed by atoms with Crippen molar-refractivity contribution in [3.05, 3.63) is 57.8 Å². The van der Waals surface area contributed by atoms with Gasteiger partial charge in [-0.2, -0.15) is 0 Å². The third-order valence-corrected chi connectivity index (χ3v) is 4.40. The van der Waals surface area contributed by atoms with Gasteiger partial charge < -0.3 is 15.1 Å². The summed E-state index contributed by atoms with van der Waals surface area (Å²) in [5.74, 6) is -0.0800. The van der Waals surface area contributed by atoms with E-state index >= 15 is 0 Å². The molecule has 0 saturated carbocycles. The average Bonchev–Trinajstić information content (AvgIpc) is 3.07. The van der Waals surface area contributed by atoms with Crippen LogP contribution in [0, 0.1) is 0 Å². The molecule has 1 atom stereocenters. The number of thiophene rings is 1. The number of oxime groups is 1. The highest BCUT2D eigenvalue weighted by Gasteiger charge is 2.16. The lowest BCUT2D eigenvalue weighted by atomic mass is 10.1. The van der Waals surface area contributed by atoms with Gasteiger partial charge in [0.2, 0.25) is 0 Å². The van der Waals surface area contributed by atoms with Crippen LogP contribution in [0.15, 0.2) is 46.9 Å². The summed E-state index contributed by atoms with van der Waals surface area (Å²) >= 11 is 1.70. The molecule has 122 valence electrons. The van der Waals surface area contributed by atoms with E-state index in [1.165, 1.54) is 12.0 Å². The average molecular weight is 331 g/mol. The maximum atomic E-state index is 12.3. The van der Waals surface area contributed by atoms with Crippen molar-refractivity contribution in [2.75, 3.05) is 27.7 Å². The Hall–Kier alpha value is -2.18. The van der Waals surface area contributed by atoms with Gasteiger partial charge >= 0.3 is 0 Å². The number of amides is 1. The van der Waals surface area contributed by atoms with Crippen LogP contribution in [-0.4, -0.2) is 44.8 Å². The van der Waals surface area contributed by atoms with Crippen LogP contribution in [0.25, 0.3) is 0 Å². The van der Waals surface area contributed by atoms with Gasteiger partial charge in [0, 0.05) is 17.0 Å². The van der Waals surface area contributed by atoms with Gasteiger partial charge in [-0.15, -0.1) is 11.3 Å². The Morgan fingerprint density at radius 1 is 1.35 bits per heavy atom. The Morgan fingerprint density at radius 3 is 2.65 bits per heavy atom. The van der Waals surface area contributed by atoms with Crippen LogP contribution in [-0.2, 0) is 4.84 Å². The number of nitrogens with zero attached hydrogens (tertiary/aromatic N) is 2. The van der Waals surface area contributed by atoms with E-state index in [4.69, 9.17) is 0 Å². The second kappa shape index (κ2) is 8.45. The van der Waals surface area contributed by atoms with Crippen molar-refractivity contribution < 1.29 is 9.63 Å². The van der Waals surface area contributed by atoms with Crippen LogP contribution >= 0.6 is 11.3 Å². The van der Waals surface area contributed by atoms with E-state index in [9.17, 15) is 4.79 Å². The van der Waals surface area contributed by atoms with E-state index < -0.39 is 0 Å². The lowest BCUT2D eigenvalue weighted by molar-refractivity contribution is 0.0942. The first-order valence-corrected chi connectivity index (χ1v) is 8.14. The normalized spacial score (nSPS) is 12.5. The fourth-order valence-electron chi connectivity index (χ4n) is 2.14. The van der Waals surface area contributed by atoms with E-state index in [0.29, 0.717) is 12.1 Å². The summed E-state index contributed by atoms with van der Waals surface area (Å²) in [6.07, 6.45) is 1.60. The second-order valence-electron chi connectivity index (χ2n) is 5.24. The quantitative estimate of drug-likeness (QED) is 0.627. The molecule has 0 bridgehead atoms. The summed E-state index contributed by atoms with van der Waals surface area (Å²) in [7, 11) is 5.52. The molecule has 0 aliphatic heterocycles. The van der Waals surface area contributed by atoms with Gasteiger partial charge in [0.15, 0.2) is 0 Å². The smallest absolute Gasteiger partial charge is 0.251 e. The van der Waals surface area contributed by atoms with Crippen LogP contribution in [0.5, 0.6) is 0 Å². The molecule has 0 aliphatic carbocycles. The fourth-order valence-corrected chi connectivity index (χ4v) is 3.07. The Balaban J connectivity index is 1.97. The molecular weight excluding hydrogens is 310 g/mol. The second-order valence-corrected chi connectivity index (χ2v) is 6.22. The highest BCUT2D eigenvalue weighted by molar-refractivity contribution is 7.10. The number of benzene rings is 1. The molecule has 0 aliphatic rings. The Labute approximate surface area is 140 Å². The van der Waals surface area contributed by atoms with Gasteiger partial charge in [-0.05, 0) is 43.2 Å². The molecule has 1 amide bonds. The monoisotopic (exact) mass is 331 g/mol. The molecule has 1 aromatic carbocycles. The molecule has 1 heterocycles. The van der Waals surface area contributed by atoms with Crippen LogP contribution in [0.4, 0.5) is 0 Å². The number of hydrogen-bond acceptors (Lipinski definition) is 5. The van der Waals surface area contributed by atoms with Crippen LogP contribution in [0.2, 0.25) is 0 Å². The number of carbonyl (C=O) groups is 1. The number of hydrogen-bond donors (Lipinski definition) is 1. The predicted octanol–water partition coefficient (Wildman–Crippen LogP) is 2.76. The van der Waals surface area contributed by atoms with Crippen molar-refractivity contribution in [2.24, 2.45) is 5.16 Å². The summed E-state index contributed by atoms with van der Waals surface area (Å²) in [6, 6.07) is 11.5. The topological polar surface area (TPSA) is 53.9 Å². The zero-order chi connectivity index (χ0) is 16.7. The van der Waals surface area contributed by atoms with Crippen LogP contribution in [0.1, 0.15) is 26.8 Å². The molecule has 2 aromatic rings. The van der Waals surface area contributed by atoms with E-state index in [1.807, 2.05) is 37.7 Å². The molecule has 0 spiro atoms. The minimum absolute atomic E-state index is 0.0800. The zero-order valence-corrected chi connectivity index (χ0v) is 14.3. The van der Waals surface area contributed by atoms with Gasteiger partial charge in [0.05, 0.1) is 12.3 Å². The first kappa shape index (κ1) is 17.2. The van der Waals surface area contributed by atoms with Crippen LogP contribution < -0.4 is 5.32 Å². The van der Waals surface area contributed by atoms with Crippen molar-refractivity contribution >= 4 is 23.5 Å². The third-order valence-electron chi connectivity index (χ3n) is 3.43. The molecule has 2 rings (SSSR count). The van der Waals surface area contributed by atoms with Crippen LogP contribution in [0.3, 0.4) is 0 Å². The van der Waals surface area contributed by atoms with Crippen molar-refractivity contribution in [3.63, 3.8) is 0 Å². The maximum Gasteiger partial charge on any atom is 0.251 e. The predicted molar refractivity (Wildman–Crippen MR) is 94.1 cm³/mol. The van der Waals surface area contributed by atoms with Gasteiger partial charge in [0.1, 0.15) is 7.11 Å². The standard InChI is InChI=1S/C17H21N3O2S/c1-20(2)15(16-5-4-10-23-16)12-18-17(21)14-8-6-13(7-9-14)11-19-22-3/h4-11,15H,12H2,1-3H3,(H,18,21)/b19-11+. The molecule has 1 unspecified atom stereocenters. The van der Waals surface area contributed by atoms with Gasteiger partial charge in [0.25, 0.3) is 5.91 Å². The van der Waals surface area contributed by atoms with Gasteiger partial charge in [-0.25, -0.2) is 0 Å². The summed E-state index contributed by atoms with van der Waals surface area (Å²) in [6.45, 7) is 0.569. The Kier molecular flexibility index (Phi) is 6.31. The SMILES string of the molecule is CO/N=C/c1ccc(C(=O)NCC(c2cccs2)N(C)C)cc1. The highest BCUT2D eigenvalue weighted by atomic mass is 32.1. The van der Waals surface area contributed by atoms with E-state index in [2.05, 4.69) is 26.3 Å². The maximum absolute atomic E-state index is 12.3. The largest absolute Gasteiger partial charge is 0.399 e. The minimum atomic E-state index is -0.0800. The third kappa shape index (κ3) is 4.91. The van der Waals surface area contributed by atoms with Gasteiger partial charge in [-0.3, -0.25) is 4.79 Å². The minimum Gasteiger partial charge on any atom is -0.399 e. The number of nitrogens with one attached hydrogen (secondary N) is 1. The molecule has 1 N–H and O–H groups in total. The summed E-state index contributed by atoms with van der Waals surface area (Å²) < 4.78 is 0. The van der Waals surface area contributed by atoms with E-state index in [1.54, 1.807) is 29.7 Å². The zero-order valence-electron chi connectivity index (χ0n) is 13.5. The molecular formula is C17H21N3O2S. The lowest BCUT2D eigenvalue weighted by Crippen LogP contribution is -2.34. The lowest BCUT2D eigenvalue weighted by Gasteiger charge is -2.23. The van der Waals surface area contributed by atoms with E-state index in [0.717, 1.165) is 5.56 Å². The van der Waals surface area contributed by atoms with E-state index in [-0.39, 0.29) is 11.9 Å². The Bertz CT molecular complexity index is 636. The Morgan fingerprint density at radius 2 is 2.09 bits per heavy atom. The number of likely N-dealkylation sites (N-methyl/N-ethyl adjacent to an activating group) is 1. The van der Waals surface area contributed by atoms with Crippen molar-refractivity contribution in [3.8, 4) is 0 Å². The highest BCUT2D eigenvalue weighted by Crippen LogP contribution is 2.22. The molecule has 5 nitrogen and oxygen atoms in total. The number of rotatable bonds is 7. The molecule has 0 radical (unpaired) electrons. The molecule has 23 heavy (non-hydrogen) atoms. The molecule has 6 heteroatoms. The summed E-state index contributed by atoms with van der Waals surface area (Å²) in [5, 5.41) is 8.74. The van der Waals surface area contributed by atoms with Crippen molar-refractivity contribution in [1.29, 1.82) is 0 Å². The first-order chi connectivity index (χ1) is 11.1. The molecule has 1 aromatic heterocycles. The summed E-state index contributed by atoms with van der Waals surface area (Å²) in [4.78, 5) is 20.3. The van der Waals surface area contributed by atoms with Crippen molar-refractivity contribution in [2.45, 2.75) is 6.04 Å². The fraction of sp³-hybridized carbons (Fsp3) is 0.294.